The lowest BCUT2D eigenvalue weighted by molar-refractivity contribution is -0.132. The van der Waals surface area contributed by atoms with E-state index in [0.29, 0.717) is 22.0 Å². The van der Waals surface area contributed by atoms with Gasteiger partial charge >= 0.3 is 5.91 Å². The molecule has 1 N–H and O–H groups in total. The third-order valence-electron chi connectivity index (χ3n) is 5.95. The molecule has 4 aromatic rings. The molecule has 1 aromatic heterocycles. The van der Waals surface area contributed by atoms with E-state index in [1.807, 2.05) is 56.3 Å². The topological polar surface area (TPSA) is 79.7 Å². The van der Waals surface area contributed by atoms with E-state index >= 15 is 0 Å². The normalized spacial score (nSPS) is 17.5. The van der Waals surface area contributed by atoms with Crippen molar-refractivity contribution in [3.8, 4) is 5.75 Å². The number of carbonyl (C=O) groups is 2. The Labute approximate surface area is 200 Å². The molecule has 1 amide bonds. The van der Waals surface area contributed by atoms with Crippen LogP contribution < -0.4 is 9.64 Å². The van der Waals surface area contributed by atoms with Crippen molar-refractivity contribution in [3.63, 3.8) is 0 Å². The number of benzene rings is 3. The third kappa shape index (κ3) is 3.54. The van der Waals surface area contributed by atoms with Crippen molar-refractivity contribution in [1.82, 2.24) is 4.98 Å². The summed E-state index contributed by atoms with van der Waals surface area (Å²) in [5.41, 5.74) is 4.08. The van der Waals surface area contributed by atoms with Crippen LogP contribution in [0.15, 0.2) is 72.3 Å². The Morgan fingerprint density at radius 3 is 2.41 bits per heavy atom. The van der Waals surface area contributed by atoms with Crippen LogP contribution in [-0.4, -0.2) is 28.9 Å². The quantitative estimate of drug-likeness (QED) is 0.240. The number of ether oxygens (including phenoxy) is 1. The minimum atomic E-state index is -0.801. The number of amides is 1. The lowest BCUT2D eigenvalue weighted by Gasteiger charge is -2.22. The maximum absolute atomic E-state index is 13.3. The zero-order chi connectivity index (χ0) is 24.0. The van der Waals surface area contributed by atoms with Crippen LogP contribution in [0.2, 0.25) is 0 Å². The molecule has 3 aromatic carbocycles. The second-order valence-corrected chi connectivity index (χ2v) is 9.24. The number of nitrogens with zero attached hydrogens (tertiary/aromatic N) is 2. The van der Waals surface area contributed by atoms with Gasteiger partial charge in [0.25, 0.3) is 5.78 Å². The van der Waals surface area contributed by atoms with E-state index in [2.05, 4.69) is 0 Å². The smallest absolute Gasteiger partial charge is 0.301 e. The van der Waals surface area contributed by atoms with Gasteiger partial charge in [-0.25, -0.2) is 4.98 Å². The summed E-state index contributed by atoms with van der Waals surface area (Å²) in [7, 11) is 1.55. The van der Waals surface area contributed by atoms with E-state index in [1.165, 1.54) is 16.2 Å². The summed E-state index contributed by atoms with van der Waals surface area (Å²) < 4.78 is 6.13. The summed E-state index contributed by atoms with van der Waals surface area (Å²) in [5, 5.41) is 11.6. The molecule has 2 heterocycles. The highest BCUT2D eigenvalue weighted by Crippen LogP contribution is 2.44. The molecule has 1 atom stereocenters. The highest BCUT2D eigenvalue weighted by molar-refractivity contribution is 7.22. The van der Waals surface area contributed by atoms with E-state index in [4.69, 9.17) is 9.72 Å². The molecule has 34 heavy (non-hydrogen) atoms. The second-order valence-electron chi connectivity index (χ2n) is 8.23. The summed E-state index contributed by atoms with van der Waals surface area (Å²) in [4.78, 5) is 32.8. The first-order chi connectivity index (χ1) is 16.4. The number of aryl methyl sites for hydroxylation is 2. The number of hydrogen-bond acceptors (Lipinski definition) is 6. The summed E-state index contributed by atoms with van der Waals surface area (Å²) in [5.74, 6) is -1.06. The predicted molar refractivity (Wildman–Crippen MR) is 133 cm³/mol. The van der Waals surface area contributed by atoms with Gasteiger partial charge in [0.05, 0.1) is 28.9 Å². The number of aromatic nitrogens is 1. The Morgan fingerprint density at radius 2 is 1.74 bits per heavy atom. The number of rotatable bonds is 4. The van der Waals surface area contributed by atoms with Crippen LogP contribution in [0.4, 0.5) is 5.13 Å². The molecule has 5 rings (SSSR count). The van der Waals surface area contributed by atoms with Gasteiger partial charge in [-0.3, -0.25) is 14.5 Å². The number of anilines is 1. The molecule has 1 aliphatic heterocycles. The molecular formula is C27H22N2O4S. The van der Waals surface area contributed by atoms with Crippen molar-refractivity contribution in [2.45, 2.75) is 19.9 Å². The number of hydrogen-bond donors (Lipinski definition) is 1. The Bertz CT molecular complexity index is 1460. The Kier molecular flexibility index (Phi) is 5.42. The fraction of sp³-hybridized carbons (Fsp3) is 0.148. The average Bonchev–Trinajstić information content (AvgIpc) is 3.38. The van der Waals surface area contributed by atoms with E-state index in [1.54, 1.807) is 31.4 Å². The molecule has 170 valence electrons. The van der Waals surface area contributed by atoms with Crippen LogP contribution in [0.25, 0.3) is 16.0 Å². The fourth-order valence-electron chi connectivity index (χ4n) is 4.35. The lowest BCUT2D eigenvalue weighted by Crippen LogP contribution is -2.29. The fourth-order valence-corrected chi connectivity index (χ4v) is 5.52. The summed E-state index contributed by atoms with van der Waals surface area (Å²) >= 11 is 1.36. The number of methoxy groups -OCH3 is 1. The molecule has 0 spiro atoms. The maximum atomic E-state index is 13.3. The first kappa shape index (κ1) is 21.9. The molecule has 0 saturated carbocycles. The molecule has 0 radical (unpaired) electrons. The van der Waals surface area contributed by atoms with Gasteiger partial charge in [-0.1, -0.05) is 47.7 Å². The number of thiazole rings is 1. The van der Waals surface area contributed by atoms with Gasteiger partial charge in [0.15, 0.2) is 5.13 Å². The van der Waals surface area contributed by atoms with Crippen molar-refractivity contribution in [2.75, 3.05) is 12.0 Å². The average molecular weight is 471 g/mol. The van der Waals surface area contributed by atoms with Gasteiger partial charge in [0.1, 0.15) is 11.5 Å². The van der Waals surface area contributed by atoms with Gasteiger partial charge < -0.3 is 9.84 Å². The molecule has 6 nitrogen and oxygen atoms in total. The monoisotopic (exact) mass is 470 g/mol. The standard InChI is InChI=1S/C27H22N2O4S/c1-15-13-16(2)22-20(14-15)34-27(28-22)29-23(17-7-5-4-6-8-17)21(25(31)26(29)32)24(30)18-9-11-19(33-3)12-10-18/h4-14,23,30H,1-3H3/b24-21+. The van der Waals surface area contributed by atoms with Crippen molar-refractivity contribution in [2.24, 2.45) is 0 Å². The Hall–Kier alpha value is -3.97. The van der Waals surface area contributed by atoms with Crippen LogP contribution in [0.5, 0.6) is 5.75 Å². The molecule has 0 aliphatic carbocycles. The van der Waals surface area contributed by atoms with Crippen molar-refractivity contribution in [1.29, 1.82) is 0 Å². The molecule has 1 fully saturated rings. The first-order valence-corrected chi connectivity index (χ1v) is 11.6. The van der Waals surface area contributed by atoms with Crippen LogP contribution in [-0.2, 0) is 9.59 Å². The molecule has 1 saturated heterocycles. The molecule has 1 unspecified atom stereocenters. The number of Topliss-reactive ketones (excluding diaryl/α,β-unsaturated/α-hetero) is 1. The van der Waals surface area contributed by atoms with Crippen LogP contribution in [0, 0.1) is 13.8 Å². The van der Waals surface area contributed by atoms with E-state index in [9.17, 15) is 14.7 Å². The van der Waals surface area contributed by atoms with Gasteiger partial charge in [0, 0.05) is 5.56 Å². The molecule has 1 aliphatic rings. The number of ketones is 1. The maximum Gasteiger partial charge on any atom is 0.301 e. The summed E-state index contributed by atoms with van der Waals surface area (Å²) in [6.07, 6.45) is 0. The number of carbonyl (C=O) groups excluding carboxylic acids is 2. The number of aliphatic hydroxyl groups excluding tert-OH is 1. The lowest BCUT2D eigenvalue weighted by atomic mass is 9.95. The van der Waals surface area contributed by atoms with Crippen molar-refractivity contribution >= 4 is 44.1 Å². The molecular weight excluding hydrogens is 448 g/mol. The molecule has 7 heteroatoms. The van der Waals surface area contributed by atoms with E-state index in [-0.39, 0.29) is 11.3 Å². The minimum Gasteiger partial charge on any atom is -0.507 e. The Balaban J connectivity index is 1.71. The second kappa shape index (κ2) is 8.43. The highest BCUT2D eigenvalue weighted by atomic mass is 32.1. The number of aliphatic hydroxyl groups is 1. The third-order valence-corrected chi connectivity index (χ3v) is 6.95. The van der Waals surface area contributed by atoms with Crippen LogP contribution in [0.3, 0.4) is 0 Å². The SMILES string of the molecule is COc1ccc(/C(O)=C2\C(=O)C(=O)N(c3nc4c(C)cc(C)cc4s3)C2c2ccccc2)cc1. The first-order valence-electron chi connectivity index (χ1n) is 10.8. The van der Waals surface area contributed by atoms with Gasteiger partial charge in [-0.05, 0) is 60.9 Å². The van der Waals surface area contributed by atoms with Crippen molar-refractivity contribution in [3.05, 3.63) is 94.6 Å². The van der Waals surface area contributed by atoms with Crippen LogP contribution >= 0.6 is 11.3 Å². The number of fused-ring (bicyclic) bond motifs is 1. The highest BCUT2D eigenvalue weighted by Gasteiger charge is 2.48. The largest absolute Gasteiger partial charge is 0.507 e. The van der Waals surface area contributed by atoms with Crippen LogP contribution in [0.1, 0.15) is 28.3 Å². The predicted octanol–water partition coefficient (Wildman–Crippen LogP) is 5.55. The zero-order valence-corrected chi connectivity index (χ0v) is 19.7. The van der Waals surface area contributed by atoms with E-state index < -0.39 is 17.7 Å². The molecule has 0 bridgehead atoms. The summed E-state index contributed by atoms with van der Waals surface area (Å²) in [6, 6.07) is 19.2. The van der Waals surface area contributed by atoms with Gasteiger partial charge in [0.2, 0.25) is 0 Å². The minimum absolute atomic E-state index is 0.0357. The zero-order valence-electron chi connectivity index (χ0n) is 18.9. The van der Waals surface area contributed by atoms with Gasteiger partial charge in [-0.2, -0.15) is 0 Å². The van der Waals surface area contributed by atoms with E-state index in [0.717, 1.165) is 21.3 Å². The van der Waals surface area contributed by atoms with Gasteiger partial charge in [-0.15, -0.1) is 0 Å². The van der Waals surface area contributed by atoms with Crippen molar-refractivity contribution < 1.29 is 19.4 Å². The summed E-state index contributed by atoms with van der Waals surface area (Å²) in [6.45, 7) is 3.99. The Morgan fingerprint density at radius 1 is 1.03 bits per heavy atom.